The van der Waals surface area contributed by atoms with Crippen molar-refractivity contribution in [3.8, 4) is 0 Å². The molecule has 3 nitrogen and oxygen atoms in total. The van der Waals surface area contributed by atoms with E-state index >= 15 is 0 Å². The quantitative estimate of drug-likeness (QED) is 0.623. The molecule has 0 unspecified atom stereocenters. The molecule has 0 bridgehead atoms. The molecular weight excluding hydrogens is 173 g/mol. The minimum Gasteiger partial charge on any atom is -0.423 e. The minimum absolute atomic E-state index is 0.604. The maximum atomic E-state index is 8.82. The number of thiophene rings is 1. The van der Waals surface area contributed by atoms with E-state index in [0.29, 0.717) is 4.78 Å². The summed E-state index contributed by atoms with van der Waals surface area (Å²) >= 11 is 1.43. The van der Waals surface area contributed by atoms with Gasteiger partial charge in [0.25, 0.3) is 0 Å². The number of hydrogen-bond donors (Lipinski definition) is 2. The molecule has 0 aliphatic heterocycles. The summed E-state index contributed by atoms with van der Waals surface area (Å²) in [5.74, 6) is 0. The standard InChI is InChI=1S/C7H12BNO2S/c1-9(2)5-6-3-4-7(12-6)8(10)11/h3-4,10-11H,5H2,1-2H3. The van der Waals surface area contributed by atoms with Crippen molar-refractivity contribution in [2.24, 2.45) is 0 Å². The summed E-state index contributed by atoms with van der Waals surface area (Å²) in [6, 6.07) is 3.66. The molecule has 66 valence electrons. The second-order valence-electron chi connectivity index (χ2n) is 2.92. The fraction of sp³-hybridized carbons (Fsp3) is 0.429. The van der Waals surface area contributed by atoms with Gasteiger partial charge in [0.05, 0.1) is 0 Å². The molecule has 2 N–H and O–H groups in total. The van der Waals surface area contributed by atoms with Gasteiger partial charge in [-0.15, -0.1) is 11.3 Å². The first-order chi connectivity index (χ1) is 5.59. The molecule has 0 saturated carbocycles. The highest BCUT2D eigenvalue weighted by atomic mass is 32.1. The number of rotatable bonds is 3. The second kappa shape index (κ2) is 4.05. The summed E-state index contributed by atoms with van der Waals surface area (Å²) in [5, 5.41) is 17.6. The van der Waals surface area contributed by atoms with Gasteiger partial charge in [-0.1, -0.05) is 6.07 Å². The van der Waals surface area contributed by atoms with Crippen molar-refractivity contribution < 1.29 is 10.0 Å². The van der Waals surface area contributed by atoms with E-state index in [-0.39, 0.29) is 0 Å². The molecule has 0 saturated heterocycles. The molecule has 1 aromatic rings. The molecule has 0 amide bonds. The number of nitrogens with zero attached hydrogens (tertiary/aromatic N) is 1. The lowest BCUT2D eigenvalue weighted by molar-refractivity contribution is 0.406. The van der Waals surface area contributed by atoms with Gasteiger partial charge in [0.1, 0.15) is 0 Å². The van der Waals surface area contributed by atoms with Crippen molar-refractivity contribution in [3.05, 3.63) is 17.0 Å². The lowest BCUT2D eigenvalue weighted by Gasteiger charge is -2.05. The first-order valence-electron chi connectivity index (χ1n) is 3.69. The van der Waals surface area contributed by atoms with Crippen molar-refractivity contribution in [3.63, 3.8) is 0 Å². The Morgan fingerprint density at radius 1 is 1.42 bits per heavy atom. The molecule has 0 atom stereocenters. The van der Waals surface area contributed by atoms with E-state index in [0.717, 1.165) is 11.4 Å². The Kier molecular flexibility index (Phi) is 3.28. The molecular formula is C7H12BNO2S. The van der Waals surface area contributed by atoms with Crippen molar-refractivity contribution >= 4 is 23.2 Å². The Morgan fingerprint density at radius 3 is 2.50 bits per heavy atom. The monoisotopic (exact) mass is 185 g/mol. The van der Waals surface area contributed by atoms with E-state index in [1.165, 1.54) is 11.3 Å². The van der Waals surface area contributed by atoms with Crippen LogP contribution in [0.2, 0.25) is 0 Å². The van der Waals surface area contributed by atoms with Crippen LogP contribution in [0.3, 0.4) is 0 Å². The Bertz CT molecular complexity index is 249. The van der Waals surface area contributed by atoms with Gasteiger partial charge in [0.2, 0.25) is 0 Å². The summed E-state index contributed by atoms with van der Waals surface area (Å²) in [6.07, 6.45) is 0. The molecule has 0 aliphatic carbocycles. The third kappa shape index (κ3) is 2.60. The Morgan fingerprint density at radius 2 is 2.08 bits per heavy atom. The molecule has 0 fully saturated rings. The van der Waals surface area contributed by atoms with Gasteiger partial charge in [0, 0.05) is 16.2 Å². The van der Waals surface area contributed by atoms with Crippen molar-refractivity contribution in [2.45, 2.75) is 6.54 Å². The van der Waals surface area contributed by atoms with Crippen LogP contribution in [-0.2, 0) is 6.54 Å². The van der Waals surface area contributed by atoms with Gasteiger partial charge >= 0.3 is 7.12 Å². The molecule has 0 aromatic carbocycles. The summed E-state index contributed by atoms with van der Waals surface area (Å²) in [6.45, 7) is 0.845. The van der Waals surface area contributed by atoms with E-state index in [9.17, 15) is 0 Å². The zero-order valence-electron chi connectivity index (χ0n) is 7.19. The van der Waals surface area contributed by atoms with Crippen LogP contribution in [0, 0.1) is 0 Å². The minimum atomic E-state index is -1.33. The second-order valence-corrected chi connectivity index (χ2v) is 4.12. The average Bonchev–Trinajstić information content (AvgIpc) is 2.34. The summed E-state index contributed by atoms with van der Waals surface area (Å²) in [4.78, 5) is 3.18. The molecule has 12 heavy (non-hydrogen) atoms. The van der Waals surface area contributed by atoms with Gasteiger partial charge in [0.15, 0.2) is 0 Å². The van der Waals surface area contributed by atoms with Gasteiger partial charge in [-0.2, -0.15) is 0 Å². The third-order valence-electron chi connectivity index (χ3n) is 1.41. The van der Waals surface area contributed by atoms with Crippen LogP contribution < -0.4 is 4.78 Å². The molecule has 0 radical (unpaired) electrons. The molecule has 1 rings (SSSR count). The van der Waals surface area contributed by atoms with E-state index in [2.05, 4.69) is 0 Å². The molecule has 0 aliphatic rings. The number of hydrogen-bond acceptors (Lipinski definition) is 4. The van der Waals surface area contributed by atoms with Crippen LogP contribution in [0.4, 0.5) is 0 Å². The average molecular weight is 185 g/mol. The maximum Gasteiger partial charge on any atom is 0.499 e. The van der Waals surface area contributed by atoms with E-state index in [1.54, 1.807) is 6.07 Å². The van der Waals surface area contributed by atoms with Crippen molar-refractivity contribution in [1.82, 2.24) is 4.90 Å². The highest BCUT2D eigenvalue weighted by Gasteiger charge is 2.13. The topological polar surface area (TPSA) is 43.7 Å². The SMILES string of the molecule is CN(C)Cc1ccc(B(O)O)s1. The third-order valence-corrected chi connectivity index (χ3v) is 2.52. The van der Waals surface area contributed by atoms with Crippen molar-refractivity contribution in [2.75, 3.05) is 14.1 Å². The van der Waals surface area contributed by atoms with E-state index in [1.807, 2.05) is 25.1 Å². The van der Waals surface area contributed by atoms with Crippen LogP contribution in [0.1, 0.15) is 4.88 Å². The molecule has 1 aromatic heterocycles. The predicted molar refractivity (Wildman–Crippen MR) is 51.5 cm³/mol. The van der Waals surface area contributed by atoms with Crippen LogP contribution in [0.25, 0.3) is 0 Å². The van der Waals surface area contributed by atoms with E-state index in [4.69, 9.17) is 10.0 Å². The van der Waals surface area contributed by atoms with Crippen LogP contribution in [-0.4, -0.2) is 36.2 Å². The van der Waals surface area contributed by atoms with Gasteiger partial charge in [-0.25, -0.2) is 0 Å². The Labute approximate surface area is 76.4 Å². The van der Waals surface area contributed by atoms with E-state index < -0.39 is 7.12 Å². The normalized spacial score (nSPS) is 10.8. The van der Waals surface area contributed by atoms with Crippen molar-refractivity contribution in [1.29, 1.82) is 0 Å². The predicted octanol–water partition coefficient (Wildman–Crippen LogP) is -0.510. The van der Waals surface area contributed by atoms with Crippen LogP contribution in [0.15, 0.2) is 12.1 Å². The Hall–Kier alpha value is -0.355. The zero-order chi connectivity index (χ0) is 9.14. The smallest absolute Gasteiger partial charge is 0.423 e. The summed E-state index contributed by atoms with van der Waals surface area (Å²) in [5.41, 5.74) is 0. The summed E-state index contributed by atoms with van der Waals surface area (Å²) < 4.78 is 0.604. The molecule has 0 spiro atoms. The fourth-order valence-electron chi connectivity index (χ4n) is 0.930. The van der Waals surface area contributed by atoms with Gasteiger partial charge in [-0.05, 0) is 20.2 Å². The largest absolute Gasteiger partial charge is 0.499 e. The Balaban J connectivity index is 2.64. The molecule has 1 heterocycles. The lowest BCUT2D eigenvalue weighted by atomic mass is 9.90. The highest BCUT2D eigenvalue weighted by molar-refractivity contribution is 7.22. The van der Waals surface area contributed by atoms with Gasteiger partial charge < -0.3 is 14.9 Å². The zero-order valence-corrected chi connectivity index (χ0v) is 8.01. The van der Waals surface area contributed by atoms with Gasteiger partial charge in [-0.3, -0.25) is 0 Å². The van der Waals surface area contributed by atoms with Crippen LogP contribution >= 0.6 is 11.3 Å². The first-order valence-corrected chi connectivity index (χ1v) is 4.50. The fourth-order valence-corrected chi connectivity index (χ4v) is 1.93. The highest BCUT2D eigenvalue weighted by Crippen LogP contribution is 2.08. The lowest BCUT2D eigenvalue weighted by Crippen LogP contribution is -2.26. The maximum absolute atomic E-state index is 8.82. The van der Waals surface area contributed by atoms with Crippen LogP contribution in [0.5, 0.6) is 0 Å². The molecule has 5 heteroatoms. The summed E-state index contributed by atoms with van der Waals surface area (Å²) in [7, 11) is 2.63. The first kappa shape index (κ1) is 9.73.